The van der Waals surface area contributed by atoms with Crippen molar-refractivity contribution < 1.29 is 14.3 Å². The molecule has 0 aliphatic heterocycles. The van der Waals surface area contributed by atoms with E-state index in [4.69, 9.17) is 10.5 Å². The van der Waals surface area contributed by atoms with E-state index in [1.807, 2.05) is 13.8 Å². The third-order valence-electron chi connectivity index (χ3n) is 2.99. The Morgan fingerprint density at radius 3 is 2.70 bits per heavy atom. The number of aryl methyl sites for hydroxylation is 1. The maximum atomic E-state index is 11.9. The number of unbranched alkanes of at least 4 members (excludes halogenated alkanes) is 1. The first-order valence-corrected chi connectivity index (χ1v) is 6.80. The molecule has 1 aromatic carbocycles. The molecule has 5 heteroatoms. The number of nitrogens with two attached hydrogens (primary N) is 1. The second-order valence-corrected chi connectivity index (χ2v) is 4.76. The van der Waals surface area contributed by atoms with E-state index in [0.29, 0.717) is 17.8 Å². The zero-order chi connectivity index (χ0) is 15.1. The van der Waals surface area contributed by atoms with Gasteiger partial charge in [-0.2, -0.15) is 0 Å². The molecule has 0 saturated carbocycles. The molecule has 0 bridgehead atoms. The highest BCUT2D eigenvalue weighted by Crippen LogP contribution is 2.14. The largest absolute Gasteiger partial charge is 0.449 e. The van der Waals surface area contributed by atoms with Crippen LogP contribution in [0.5, 0.6) is 0 Å². The van der Waals surface area contributed by atoms with Gasteiger partial charge in [-0.05, 0) is 44.0 Å². The Balaban J connectivity index is 2.56. The summed E-state index contributed by atoms with van der Waals surface area (Å²) in [6.07, 6.45) is 1.10. The van der Waals surface area contributed by atoms with Gasteiger partial charge in [0.15, 0.2) is 6.10 Å². The molecule has 0 fully saturated rings. The number of hydrogen-bond acceptors (Lipinski definition) is 4. The molecule has 0 aliphatic carbocycles. The van der Waals surface area contributed by atoms with Crippen LogP contribution < -0.4 is 11.1 Å². The zero-order valence-corrected chi connectivity index (χ0v) is 12.2. The topological polar surface area (TPSA) is 81.4 Å². The summed E-state index contributed by atoms with van der Waals surface area (Å²) in [5.41, 5.74) is 7.51. The number of esters is 1. The predicted octanol–water partition coefficient (Wildman–Crippen LogP) is 2.04. The third-order valence-corrected chi connectivity index (χ3v) is 2.99. The molecule has 0 aliphatic rings. The van der Waals surface area contributed by atoms with Crippen LogP contribution in [0.3, 0.4) is 0 Å². The zero-order valence-electron chi connectivity index (χ0n) is 12.2. The van der Waals surface area contributed by atoms with Crippen molar-refractivity contribution in [2.24, 2.45) is 0 Å². The molecule has 5 nitrogen and oxygen atoms in total. The summed E-state index contributed by atoms with van der Waals surface area (Å²) in [5, 5.41) is 2.72. The fourth-order valence-corrected chi connectivity index (χ4v) is 1.62. The molecule has 3 N–H and O–H groups in total. The van der Waals surface area contributed by atoms with E-state index in [9.17, 15) is 9.59 Å². The molecule has 20 heavy (non-hydrogen) atoms. The van der Waals surface area contributed by atoms with Crippen molar-refractivity contribution in [2.45, 2.75) is 39.7 Å². The van der Waals surface area contributed by atoms with Crippen molar-refractivity contribution in [2.75, 3.05) is 12.3 Å². The van der Waals surface area contributed by atoms with E-state index in [1.54, 1.807) is 25.1 Å². The van der Waals surface area contributed by atoms with Crippen LogP contribution in [0.15, 0.2) is 18.2 Å². The Labute approximate surface area is 119 Å². The number of benzene rings is 1. The Hall–Kier alpha value is -2.04. The molecule has 1 rings (SSSR count). The molecule has 1 unspecified atom stereocenters. The van der Waals surface area contributed by atoms with Gasteiger partial charge < -0.3 is 15.8 Å². The van der Waals surface area contributed by atoms with Gasteiger partial charge >= 0.3 is 5.97 Å². The summed E-state index contributed by atoms with van der Waals surface area (Å²) >= 11 is 0. The average molecular weight is 278 g/mol. The molecule has 0 spiro atoms. The Bertz CT molecular complexity index is 486. The Morgan fingerprint density at radius 1 is 1.40 bits per heavy atom. The van der Waals surface area contributed by atoms with E-state index in [1.165, 1.54) is 0 Å². The van der Waals surface area contributed by atoms with Crippen molar-refractivity contribution in [1.29, 1.82) is 0 Å². The lowest BCUT2D eigenvalue weighted by atomic mass is 10.1. The quantitative estimate of drug-likeness (QED) is 0.474. The lowest BCUT2D eigenvalue weighted by molar-refractivity contribution is -0.129. The van der Waals surface area contributed by atoms with Gasteiger partial charge in [0, 0.05) is 12.2 Å². The van der Waals surface area contributed by atoms with E-state index in [2.05, 4.69) is 5.32 Å². The van der Waals surface area contributed by atoms with E-state index >= 15 is 0 Å². The summed E-state index contributed by atoms with van der Waals surface area (Å²) in [4.78, 5) is 23.6. The van der Waals surface area contributed by atoms with Gasteiger partial charge in [0.1, 0.15) is 0 Å². The number of nitrogen functional groups attached to an aromatic ring is 1. The minimum atomic E-state index is -0.808. The fourth-order valence-electron chi connectivity index (χ4n) is 1.62. The van der Waals surface area contributed by atoms with Crippen molar-refractivity contribution in [3.63, 3.8) is 0 Å². The molecule has 110 valence electrons. The van der Waals surface area contributed by atoms with Gasteiger partial charge in [-0.1, -0.05) is 13.3 Å². The predicted molar refractivity (Wildman–Crippen MR) is 78.4 cm³/mol. The minimum absolute atomic E-state index is 0.279. The number of hydrogen-bond donors (Lipinski definition) is 2. The van der Waals surface area contributed by atoms with Crippen molar-refractivity contribution >= 4 is 17.6 Å². The first-order valence-electron chi connectivity index (χ1n) is 6.80. The van der Waals surface area contributed by atoms with Crippen LogP contribution in [-0.4, -0.2) is 24.5 Å². The Kier molecular flexibility index (Phi) is 6.03. The first-order chi connectivity index (χ1) is 9.45. The molecular weight excluding hydrogens is 256 g/mol. The molecule has 0 aromatic heterocycles. The smallest absolute Gasteiger partial charge is 0.338 e. The van der Waals surface area contributed by atoms with Crippen LogP contribution in [0.4, 0.5) is 5.69 Å². The minimum Gasteiger partial charge on any atom is -0.449 e. The van der Waals surface area contributed by atoms with Gasteiger partial charge in [-0.15, -0.1) is 0 Å². The number of anilines is 1. The third kappa shape index (κ3) is 4.57. The monoisotopic (exact) mass is 278 g/mol. The van der Waals surface area contributed by atoms with Crippen LogP contribution in [0.25, 0.3) is 0 Å². The average Bonchev–Trinajstić information content (AvgIpc) is 2.41. The van der Waals surface area contributed by atoms with Crippen LogP contribution in [0.2, 0.25) is 0 Å². The summed E-state index contributed by atoms with van der Waals surface area (Å²) in [7, 11) is 0. The number of carbonyl (C=O) groups excluding carboxylic acids is 2. The summed E-state index contributed by atoms with van der Waals surface area (Å²) in [6, 6.07) is 4.89. The summed E-state index contributed by atoms with van der Waals surface area (Å²) < 4.78 is 5.13. The van der Waals surface area contributed by atoms with Gasteiger partial charge in [0.25, 0.3) is 5.91 Å². The number of rotatable bonds is 6. The summed E-state index contributed by atoms with van der Waals surface area (Å²) in [6.45, 7) is 6.01. The lowest BCUT2D eigenvalue weighted by Gasteiger charge is -2.13. The van der Waals surface area contributed by atoms with E-state index < -0.39 is 12.1 Å². The fraction of sp³-hybridized carbons (Fsp3) is 0.467. The number of carbonyl (C=O) groups is 2. The maximum absolute atomic E-state index is 11.9. The normalized spacial score (nSPS) is 11.8. The standard InChI is InChI=1S/C15H22N2O3/c1-4-5-8-17-14(18)11(3)20-15(19)12-6-7-13(16)10(2)9-12/h6-7,9,11H,4-5,8,16H2,1-3H3,(H,17,18). The molecule has 0 heterocycles. The molecular formula is C15H22N2O3. The second-order valence-electron chi connectivity index (χ2n) is 4.76. The van der Waals surface area contributed by atoms with E-state index in [0.717, 1.165) is 18.4 Å². The van der Waals surface area contributed by atoms with Gasteiger partial charge in [0.05, 0.1) is 5.56 Å². The molecule has 1 atom stereocenters. The number of amides is 1. The van der Waals surface area contributed by atoms with Gasteiger partial charge in [-0.3, -0.25) is 4.79 Å². The highest BCUT2D eigenvalue weighted by Gasteiger charge is 2.18. The Morgan fingerprint density at radius 2 is 2.10 bits per heavy atom. The summed E-state index contributed by atoms with van der Waals surface area (Å²) in [5.74, 6) is -0.801. The number of ether oxygens (including phenoxy) is 1. The van der Waals surface area contributed by atoms with Crippen LogP contribution in [0, 0.1) is 6.92 Å². The van der Waals surface area contributed by atoms with Crippen LogP contribution in [-0.2, 0) is 9.53 Å². The van der Waals surface area contributed by atoms with Crippen molar-refractivity contribution in [3.05, 3.63) is 29.3 Å². The first kappa shape index (κ1) is 16.0. The highest BCUT2D eigenvalue weighted by molar-refractivity contribution is 5.92. The van der Waals surface area contributed by atoms with Crippen molar-refractivity contribution in [1.82, 2.24) is 5.32 Å². The molecule has 1 amide bonds. The highest BCUT2D eigenvalue weighted by atomic mass is 16.5. The lowest BCUT2D eigenvalue weighted by Crippen LogP contribution is -2.36. The molecule has 0 radical (unpaired) electrons. The second kappa shape index (κ2) is 7.53. The van der Waals surface area contributed by atoms with Gasteiger partial charge in [0.2, 0.25) is 0 Å². The maximum Gasteiger partial charge on any atom is 0.338 e. The number of nitrogens with one attached hydrogen (secondary N) is 1. The molecule has 0 saturated heterocycles. The SMILES string of the molecule is CCCCNC(=O)C(C)OC(=O)c1ccc(N)c(C)c1. The van der Waals surface area contributed by atoms with Crippen LogP contribution >= 0.6 is 0 Å². The van der Waals surface area contributed by atoms with Crippen LogP contribution in [0.1, 0.15) is 42.6 Å². The van der Waals surface area contributed by atoms with E-state index in [-0.39, 0.29) is 5.91 Å². The molecule has 1 aromatic rings. The van der Waals surface area contributed by atoms with Crippen molar-refractivity contribution in [3.8, 4) is 0 Å². The van der Waals surface area contributed by atoms with Gasteiger partial charge in [-0.25, -0.2) is 4.79 Å².